The lowest BCUT2D eigenvalue weighted by Gasteiger charge is -2.29. The zero-order valence-corrected chi connectivity index (χ0v) is 18.4. The molecule has 0 spiro atoms. The summed E-state index contributed by atoms with van der Waals surface area (Å²) in [4.78, 5) is 32.7. The molecule has 0 bridgehead atoms. The molecule has 2 aromatic carbocycles. The summed E-state index contributed by atoms with van der Waals surface area (Å²) < 4.78 is 10.6. The summed E-state index contributed by atoms with van der Waals surface area (Å²) in [5, 5.41) is 3.48. The highest BCUT2D eigenvalue weighted by Gasteiger charge is 2.26. The first-order valence-electron chi connectivity index (χ1n) is 10.8. The molecule has 7 heteroatoms. The predicted octanol–water partition coefficient (Wildman–Crippen LogP) is 3.81. The molecule has 1 aromatic heterocycles. The van der Waals surface area contributed by atoms with Gasteiger partial charge in [0.1, 0.15) is 5.75 Å². The minimum Gasteiger partial charge on any atom is -0.497 e. The lowest BCUT2D eigenvalue weighted by atomic mass is 9.95. The number of pyridine rings is 1. The number of para-hydroxylation sites is 1. The number of rotatable bonds is 7. The van der Waals surface area contributed by atoms with Gasteiger partial charge in [-0.2, -0.15) is 0 Å². The molecule has 1 amide bonds. The number of hydrogen-bond donors (Lipinski definition) is 1. The maximum Gasteiger partial charge on any atom is 0.339 e. The molecular formula is C25H27N3O4. The lowest BCUT2D eigenvalue weighted by Crippen LogP contribution is -2.33. The number of ether oxygens (including phenoxy) is 2. The Bertz CT molecular complexity index is 1150. The van der Waals surface area contributed by atoms with Gasteiger partial charge in [0, 0.05) is 47.9 Å². The van der Waals surface area contributed by atoms with Crippen molar-refractivity contribution >= 4 is 28.5 Å². The second-order valence-electron chi connectivity index (χ2n) is 7.81. The van der Waals surface area contributed by atoms with Crippen molar-refractivity contribution in [2.24, 2.45) is 0 Å². The summed E-state index contributed by atoms with van der Waals surface area (Å²) in [6, 6.07) is 14.6. The SMILES string of the molecule is CCCN1CCc2nc3ccccc3c(C(=O)OCC(=O)Nc3cccc(OC)c3)c2C1. The van der Waals surface area contributed by atoms with E-state index in [1.807, 2.05) is 24.3 Å². The molecule has 4 rings (SSSR count). The molecule has 0 fully saturated rings. The number of carbonyl (C=O) groups is 2. The number of esters is 1. The number of anilines is 1. The quantitative estimate of drug-likeness (QED) is 0.571. The highest BCUT2D eigenvalue weighted by molar-refractivity contribution is 6.06. The fourth-order valence-electron chi connectivity index (χ4n) is 4.09. The van der Waals surface area contributed by atoms with Crippen LogP contribution in [0, 0.1) is 0 Å². The van der Waals surface area contributed by atoms with Gasteiger partial charge in [-0.3, -0.25) is 14.7 Å². The van der Waals surface area contributed by atoms with Crippen molar-refractivity contribution in [3.8, 4) is 5.75 Å². The number of aromatic nitrogens is 1. The third-order valence-electron chi connectivity index (χ3n) is 5.56. The number of amides is 1. The molecule has 0 atom stereocenters. The van der Waals surface area contributed by atoms with Gasteiger partial charge in [-0.1, -0.05) is 31.2 Å². The van der Waals surface area contributed by atoms with Gasteiger partial charge in [0.05, 0.1) is 18.2 Å². The average molecular weight is 434 g/mol. The molecule has 1 aliphatic heterocycles. The third kappa shape index (κ3) is 4.73. The molecular weight excluding hydrogens is 406 g/mol. The maximum absolute atomic E-state index is 13.2. The van der Waals surface area contributed by atoms with Crippen LogP contribution in [0.15, 0.2) is 48.5 Å². The summed E-state index contributed by atoms with van der Waals surface area (Å²) in [5.41, 5.74) is 3.70. The summed E-state index contributed by atoms with van der Waals surface area (Å²) in [6.07, 6.45) is 1.83. The van der Waals surface area contributed by atoms with Gasteiger partial charge in [-0.05, 0) is 31.2 Å². The summed E-state index contributed by atoms with van der Waals surface area (Å²) in [5.74, 6) is -0.281. The van der Waals surface area contributed by atoms with Crippen LogP contribution < -0.4 is 10.1 Å². The molecule has 0 aliphatic carbocycles. The highest BCUT2D eigenvalue weighted by atomic mass is 16.5. The van der Waals surface area contributed by atoms with E-state index in [4.69, 9.17) is 14.5 Å². The molecule has 0 unspecified atom stereocenters. The van der Waals surface area contributed by atoms with E-state index in [-0.39, 0.29) is 6.61 Å². The van der Waals surface area contributed by atoms with E-state index in [2.05, 4.69) is 17.1 Å². The van der Waals surface area contributed by atoms with E-state index in [0.717, 1.165) is 48.1 Å². The summed E-state index contributed by atoms with van der Waals surface area (Å²) in [7, 11) is 1.56. The van der Waals surface area contributed by atoms with Gasteiger partial charge in [-0.25, -0.2) is 4.79 Å². The lowest BCUT2D eigenvalue weighted by molar-refractivity contribution is -0.119. The van der Waals surface area contributed by atoms with Crippen LogP contribution >= 0.6 is 0 Å². The molecule has 0 saturated heterocycles. The molecule has 1 aliphatic rings. The molecule has 2 heterocycles. The van der Waals surface area contributed by atoms with E-state index in [9.17, 15) is 9.59 Å². The van der Waals surface area contributed by atoms with E-state index >= 15 is 0 Å². The minimum absolute atomic E-state index is 0.375. The number of nitrogens with zero attached hydrogens (tertiary/aromatic N) is 2. The third-order valence-corrected chi connectivity index (χ3v) is 5.56. The zero-order valence-electron chi connectivity index (χ0n) is 18.4. The number of nitrogens with one attached hydrogen (secondary N) is 1. The Labute approximate surface area is 187 Å². The van der Waals surface area contributed by atoms with Crippen LogP contribution in [0.25, 0.3) is 10.9 Å². The second kappa shape index (κ2) is 9.78. The van der Waals surface area contributed by atoms with Crippen LogP contribution in [-0.2, 0) is 22.5 Å². The van der Waals surface area contributed by atoms with Gasteiger partial charge in [0.2, 0.25) is 0 Å². The average Bonchev–Trinajstić information content (AvgIpc) is 2.81. The van der Waals surface area contributed by atoms with Crippen molar-refractivity contribution in [1.82, 2.24) is 9.88 Å². The largest absolute Gasteiger partial charge is 0.497 e. The van der Waals surface area contributed by atoms with Crippen molar-refractivity contribution in [2.75, 3.05) is 32.1 Å². The molecule has 1 N–H and O–H groups in total. The minimum atomic E-state index is -0.501. The summed E-state index contributed by atoms with van der Waals surface area (Å²) in [6.45, 7) is 4.30. The normalized spacial score (nSPS) is 13.4. The Morgan fingerprint density at radius 2 is 2.00 bits per heavy atom. The Kier molecular flexibility index (Phi) is 6.66. The molecule has 3 aromatic rings. The van der Waals surface area contributed by atoms with Gasteiger partial charge >= 0.3 is 5.97 Å². The van der Waals surface area contributed by atoms with Crippen LogP contribution in [0.5, 0.6) is 5.75 Å². The van der Waals surface area contributed by atoms with E-state index in [1.165, 1.54) is 0 Å². The number of benzene rings is 2. The van der Waals surface area contributed by atoms with Gasteiger partial charge in [0.25, 0.3) is 5.91 Å². The molecule has 0 radical (unpaired) electrons. The number of fused-ring (bicyclic) bond motifs is 2. The second-order valence-corrected chi connectivity index (χ2v) is 7.81. The van der Waals surface area contributed by atoms with Crippen molar-refractivity contribution in [3.63, 3.8) is 0 Å². The molecule has 166 valence electrons. The van der Waals surface area contributed by atoms with Crippen molar-refractivity contribution in [1.29, 1.82) is 0 Å². The molecule has 0 saturated carbocycles. The van der Waals surface area contributed by atoms with Crippen molar-refractivity contribution in [3.05, 3.63) is 65.4 Å². The highest BCUT2D eigenvalue weighted by Crippen LogP contribution is 2.29. The Balaban J connectivity index is 1.55. The van der Waals surface area contributed by atoms with E-state index in [1.54, 1.807) is 31.4 Å². The number of methoxy groups -OCH3 is 1. The maximum atomic E-state index is 13.2. The van der Waals surface area contributed by atoms with Gasteiger partial charge in [-0.15, -0.1) is 0 Å². The molecule has 32 heavy (non-hydrogen) atoms. The Hall–Kier alpha value is -3.45. The van der Waals surface area contributed by atoms with Crippen molar-refractivity contribution < 1.29 is 19.1 Å². The topological polar surface area (TPSA) is 80.8 Å². The molecule has 7 nitrogen and oxygen atoms in total. The van der Waals surface area contributed by atoms with Crippen LogP contribution in [0.4, 0.5) is 5.69 Å². The van der Waals surface area contributed by atoms with E-state index < -0.39 is 11.9 Å². The van der Waals surface area contributed by atoms with Gasteiger partial charge in [0.15, 0.2) is 6.61 Å². The fraction of sp³-hybridized carbons (Fsp3) is 0.320. The van der Waals surface area contributed by atoms with Crippen LogP contribution in [0.1, 0.15) is 35.0 Å². The predicted molar refractivity (Wildman–Crippen MR) is 123 cm³/mol. The number of hydrogen-bond acceptors (Lipinski definition) is 6. The smallest absolute Gasteiger partial charge is 0.339 e. The van der Waals surface area contributed by atoms with Crippen molar-refractivity contribution in [2.45, 2.75) is 26.3 Å². The number of carbonyl (C=O) groups excluding carboxylic acids is 2. The Morgan fingerprint density at radius 1 is 1.16 bits per heavy atom. The first-order valence-corrected chi connectivity index (χ1v) is 10.8. The van der Waals surface area contributed by atoms with Gasteiger partial charge < -0.3 is 14.8 Å². The van der Waals surface area contributed by atoms with Crippen LogP contribution in [0.3, 0.4) is 0 Å². The zero-order chi connectivity index (χ0) is 22.5. The first kappa shape index (κ1) is 21.8. The van der Waals surface area contributed by atoms with Crippen LogP contribution in [-0.4, -0.2) is 48.6 Å². The Morgan fingerprint density at radius 3 is 2.81 bits per heavy atom. The fourth-order valence-corrected chi connectivity index (χ4v) is 4.09. The first-order chi connectivity index (χ1) is 15.6. The van der Waals surface area contributed by atoms with E-state index in [0.29, 0.717) is 23.5 Å². The standard InChI is InChI=1S/C25H27N3O4/c1-3-12-28-13-11-22-20(15-28)24(19-9-4-5-10-21(19)27-22)25(30)32-16-23(29)26-17-7-6-8-18(14-17)31-2/h4-10,14H,3,11-13,15-16H2,1-2H3,(H,26,29). The summed E-state index contributed by atoms with van der Waals surface area (Å²) >= 11 is 0. The monoisotopic (exact) mass is 433 g/mol. The van der Waals surface area contributed by atoms with Crippen LogP contribution in [0.2, 0.25) is 0 Å².